The Bertz CT molecular complexity index is 642. The van der Waals surface area contributed by atoms with Crippen LogP contribution in [0.1, 0.15) is 26.7 Å². The molecule has 20 heavy (non-hydrogen) atoms. The van der Waals surface area contributed by atoms with Crippen LogP contribution in [-0.2, 0) is 0 Å². The van der Waals surface area contributed by atoms with E-state index >= 15 is 0 Å². The molecule has 100 valence electrons. The van der Waals surface area contributed by atoms with Crippen LogP contribution in [0.25, 0.3) is 0 Å². The quantitative estimate of drug-likeness (QED) is 0.691. The van der Waals surface area contributed by atoms with E-state index in [9.17, 15) is 0 Å². The molecule has 0 aromatic carbocycles. The smallest absolute Gasteiger partial charge is 0.0870 e. The average Bonchev–Trinajstić information content (AvgIpc) is 3.02. The fourth-order valence-corrected chi connectivity index (χ4v) is 2.83. The number of nitrogens with one attached hydrogen (secondary N) is 2. The van der Waals surface area contributed by atoms with Crippen molar-refractivity contribution in [3.05, 3.63) is 69.9 Å². The summed E-state index contributed by atoms with van der Waals surface area (Å²) in [6.45, 7) is 4.20. The van der Waals surface area contributed by atoms with Crippen LogP contribution in [0.4, 0.5) is 0 Å². The van der Waals surface area contributed by atoms with Crippen molar-refractivity contribution in [3.8, 4) is 0 Å². The Balaban J connectivity index is 1.90. The van der Waals surface area contributed by atoms with Crippen LogP contribution >= 0.6 is 0 Å². The lowest BCUT2D eigenvalue weighted by molar-refractivity contribution is 1.16. The summed E-state index contributed by atoms with van der Waals surface area (Å²) in [5, 5.41) is 16.6. The molecule has 0 aliphatic heterocycles. The van der Waals surface area contributed by atoms with E-state index in [1.165, 1.54) is 11.1 Å². The molecule has 0 fully saturated rings. The van der Waals surface area contributed by atoms with Crippen molar-refractivity contribution in [1.29, 1.82) is 10.8 Å². The van der Waals surface area contributed by atoms with Crippen molar-refractivity contribution in [1.82, 2.24) is 0 Å². The second-order valence-electron chi connectivity index (χ2n) is 5.67. The van der Waals surface area contributed by atoms with Crippen molar-refractivity contribution in [2.75, 3.05) is 0 Å². The average molecular weight is 262 g/mol. The molecule has 0 unspecified atom stereocenters. The third-order valence-electron chi connectivity index (χ3n) is 3.97. The summed E-state index contributed by atoms with van der Waals surface area (Å²) in [5.74, 6) is 0. The second-order valence-corrected chi connectivity index (χ2v) is 5.67. The first-order chi connectivity index (χ1) is 9.56. The molecule has 0 heterocycles. The van der Waals surface area contributed by atoms with Gasteiger partial charge in [0.25, 0.3) is 0 Å². The Labute approximate surface area is 119 Å². The maximum absolute atomic E-state index is 8.29. The summed E-state index contributed by atoms with van der Waals surface area (Å²) >= 11 is 0. The summed E-state index contributed by atoms with van der Waals surface area (Å²) in [6, 6.07) is 0. The standard InChI is InChI=1S/C18H18N2/c1-11-3-5-13(9-11)15-7-8-16(18(20)17(15)19)14-6-4-12(2)10-14/h3-8,19-20H,9-10H2,1-2H3. The van der Waals surface area contributed by atoms with Gasteiger partial charge in [0.05, 0.1) is 11.4 Å². The highest BCUT2D eigenvalue weighted by Gasteiger charge is 2.25. The highest BCUT2D eigenvalue weighted by atomic mass is 14.6. The Kier molecular flexibility index (Phi) is 3.01. The Morgan fingerprint density at radius 3 is 1.35 bits per heavy atom. The van der Waals surface area contributed by atoms with Crippen LogP contribution in [-0.4, -0.2) is 11.4 Å². The third-order valence-corrected chi connectivity index (χ3v) is 3.97. The molecule has 0 aromatic rings. The van der Waals surface area contributed by atoms with Crippen LogP contribution < -0.4 is 0 Å². The molecule has 0 saturated carbocycles. The molecule has 0 radical (unpaired) electrons. The van der Waals surface area contributed by atoms with E-state index in [2.05, 4.69) is 38.2 Å². The SMILES string of the molecule is CC1=CC=C(C2=CC=C(C3=CC=C(C)C3)C(=N)C2=N)C1. The third kappa shape index (κ3) is 2.07. The minimum absolute atomic E-state index is 0.349. The fourth-order valence-electron chi connectivity index (χ4n) is 2.83. The lowest BCUT2D eigenvalue weighted by atomic mass is 9.85. The molecule has 2 nitrogen and oxygen atoms in total. The topological polar surface area (TPSA) is 47.7 Å². The lowest BCUT2D eigenvalue weighted by Crippen LogP contribution is -2.22. The fraction of sp³-hybridized carbons (Fsp3) is 0.222. The van der Waals surface area contributed by atoms with Gasteiger partial charge in [-0.05, 0) is 37.8 Å². The van der Waals surface area contributed by atoms with Gasteiger partial charge >= 0.3 is 0 Å². The summed E-state index contributed by atoms with van der Waals surface area (Å²) in [4.78, 5) is 0. The van der Waals surface area contributed by atoms with Gasteiger partial charge in [0.1, 0.15) is 0 Å². The molecule has 3 aliphatic carbocycles. The molecule has 0 atom stereocenters. The van der Waals surface area contributed by atoms with Gasteiger partial charge in [-0.1, -0.05) is 47.6 Å². The van der Waals surface area contributed by atoms with E-state index in [0.717, 1.165) is 35.1 Å². The van der Waals surface area contributed by atoms with Gasteiger partial charge in [0.2, 0.25) is 0 Å². The number of rotatable bonds is 2. The zero-order chi connectivity index (χ0) is 14.3. The molecule has 2 N–H and O–H groups in total. The summed E-state index contributed by atoms with van der Waals surface area (Å²) in [6.07, 6.45) is 14.1. The van der Waals surface area contributed by atoms with E-state index in [0.29, 0.717) is 11.4 Å². The van der Waals surface area contributed by atoms with E-state index in [-0.39, 0.29) is 0 Å². The zero-order valence-electron chi connectivity index (χ0n) is 11.9. The largest absolute Gasteiger partial charge is 0.298 e. The number of hydrogen-bond donors (Lipinski definition) is 2. The first-order valence-electron chi connectivity index (χ1n) is 6.90. The van der Waals surface area contributed by atoms with Gasteiger partial charge in [-0.2, -0.15) is 0 Å². The zero-order valence-corrected chi connectivity index (χ0v) is 11.9. The normalized spacial score (nSPS) is 22.1. The molecule has 0 amide bonds. The molecular formula is C18H18N2. The predicted octanol–water partition coefficient (Wildman–Crippen LogP) is 4.45. The molecule has 0 spiro atoms. The molecule has 3 rings (SSSR count). The molecular weight excluding hydrogens is 244 g/mol. The Morgan fingerprint density at radius 2 is 1.05 bits per heavy atom. The van der Waals surface area contributed by atoms with E-state index < -0.39 is 0 Å². The molecule has 0 aromatic heterocycles. The first-order valence-corrected chi connectivity index (χ1v) is 6.90. The van der Waals surface area contributed by atoms with Crippen molar-refractivity contribution < 1.29 is 0 Å². The van der Waals surface area contributed by atoms with Gasteiger partial charge in [0.15, 0.2) is 0 Å². The molecule has 3 aliphatic rings. The number of hydrogen-bond acceptors (Lipinski definition) is 2. The van der Waals surface area contributed by atoms with Crippen LogP contribution in [0.5, 0.6) is 0 Å². The first kappa shape index (κ1) is 12.8. The van der Waals surface area contributed by atoms with Gasteiger partial charge in [-0.25, -0.2) is 0 Å². The van der Waals surface area contributed by atoms with Crippen LogP contribution in [0, 0.1) is 10.8 Å². The van der Waals surface area contributed by atoms with Crippen molar-refractivity contribution in [2.45, 2.75) is 26.7 Å². The summed E-state index contributed by atoms with van der Waals surface area (Å²) < 4.78 is 0. The predicted molar refractivity (Wildman–Crippen MR) is 84.5 cm³/mol. The van der Waals surface area contributed by atoms with Gasteiger partial charge in [-0.15, -0.1) is 0 Å². The summed E-state index contributed by atoms with van der Waals surface area (Å²) in [7, 11) is 0. The van der Waals surface area contributed by atoms with Crippen LogP contribution in [0.2, 0.25) is 0 Å². The van der Waals surface area contributed by atoms with Crippen LogP contribution in [0.3, 0.4) is 0 Å². The Morgan fingerprint density at radius 1 is 0.650 bits per heavy atom. The highest BCUT2D eigenvalue weighted by Crippen LogP contribution is 2.32. The molecule has 2 heteroatoms. The van der Waals surface area contributed by atoms with Crippen molar-refractivity contribution in [2.24, 2.45) is 0 Å². The maximum atomic E-state index is 8.29. The second kappa shape index (κ2) is 4.71. The summed E-state index contributed by atoms with van der Waals surface area (Å²) in [5.41, 5.74) is 7.43. The van der Waals surface area contributed by atoms with E-state index in [4.69, 9.17) is 10.8 Å². The number of allylic oxidation sites excluding steroid dienone is 12. The highest BCUT2D eigenvalue weighted by molar-refractivity contribution is 6.54. The Hall–Kier alpha value is -2.22. The molecule has 0 saturated heterocycles. The minimum atomic E-state index is 0.349. The van der Waals surface area contributed by atoms with Crippen molar-refractivity contribution in [3.63, 3.8) is 0 Å². The van der Waals surface area contributed by atoms with Gasteiger partial charge in [-0.3, -0.25) is 10.8 Å². The van der Waals surface area contributed by atoms with Crippen LogP contribution in [0.15, 0.2) is 69.9 Å². The molecule has 0 bridgehead atoms. The van der Waals surface area contributed by atoms with E-state index in [1.54, 1.807) is 0 Å². The minimum Gasteiger partial charge on any atom is -0.298 e. The van der Waals surface area contributed by atoms with E-state index in [1.807, 2.05) is 12.2 Å². The van der Waals surface area contributed by atoms with Crippen molar-refractivity contribution >= 4 is 11.4 Å². The van der Waals surface area contributed by atoms with Gasteiger partial charge < -0.3 is 0 Å². The maximum Gasteiger partial charge on any atom is 0.0870 e. The monoisotopic (exact) mass is 262 g/mol. The lowest BCUT2D eigenvalue weighted by Gasteiger charge is -2.19. The van der Waals surface area contributed by atoms with Gasteiger partial charge in [0, 0.05) is 11.1 Å².